The molecule has 0 aliphatic heterocycles. The molecule has 1 unspecified atom stereocenters. The van der Waals surface area contributed by atoms with Crippen molar-refractivity contribution in [3.63, 3.8) is 0 Å². The SMILES string of the molecule is CCC(=O)OC1C[C@H]2[C@@H]3CCC4=CC(=O)CC[C@]4(C)[C@H]3CC[C@]2(C)[C@H]1C(C)=O. The Balaban J connectivity index is 1.66. The number of hydrogen-bond donors (Lipinski definition) is 0. The van der Waals surface area contributed by atoms with Gasteiger partial charge in [0.1, 0.15) is 11.9 Å². The number of fused-ring (bicyclic) bond motifs is 5. The van der Waals surface area contributed by atoms with Gasteiger partial charge in [0.2, 0.25) is 0 Å². The van der Waals surface area contributed by atoms with Crippen LogP contribution in [-0.2, 0) is 19.1 Å². The third-order valence-corrected chi connectivity index (χ3v) is 8.98. The Labute approximate surface area is 168 Å². The van der Waals surface area contributed by atoms with Gasteiger partial charge in [0, 0.05) is 12.8 Å². The lowest BCUT2D eigenvalue weighted by Crippen LogP contribution is -2.51. The van der Waals surface area contributed by atoms with Gasteiger partial charge in [-0.1, -0.05) is 26.3 Å². The summed E-state index contributed by atoms with van der Waals surface area (Å²) in [6.45, 7) is 8.13. The molecule has 154 valence electrons. The van der Waals surface area contributed by atoms with Crippen LogP contribution in [-0.4, -0.2) is 23.6 Å². The third kappa shape index (κ3) is 2.81. The van der Waals surface area contributed by atoms with Crippen LogP contribution >= 0.6 is 0 Å². The van der Waals surface area contributed by atoms with Crippen molar-refractivity contribution in [3.8, 4) is 0 Å². The predicted octanol–water partition coefficient (Wildman–Crippen LogP) is 4.66. The molecule has 0 N–H and O–H groups in total. The Hall–Kier alpha value is -1.45. The van der Waals surface area contributed by atoms with Crippen LogP contribution in [0.3, 0.4) is 0 Å². The van der Waals surface area contributed by atoms with E-state index in [2.05, 4.69) is 13.8 Å². The Bertz CT molecular complexity index is 737. The summed E-state index contributed by atoms with van der Waals surface area (Å²) in [4.78, 5) is 36.6. The molecule has 3 saturated carbocycles. The third-order valence-electron chi connectivity index (χ3n) is 8.98. The first-order valence-corrected chi connectivity index (χ1v) is 11.1. The Morgan fingerprint density at radius 2 is 1.89 bits per heavy atom. The van der Waals surface area contributed by atoms with Gasteiger partial charge >= 0.3 is 5.97 Å². The largest absolute Gasteiger partial charge is 0.462 e. The van der Waals surface area contributed by atoms with Crippen LogP contribution in [0.2, 0.25) is 0 Å². The Kier molecular flexibility index (Phi) is 4.83. The second kappa shape index (κ2) is 6.81. The summed E-state index contributed by atoms with van der Waals surface area (Å²) >= 11 is 0. The molecule has 0 aromatic rings. The monoisotopic (exact) mass is 386 g/mol. The number of rotatable bonds is 3. The number of hydrogen-bond acceptors (Lipinski definition) is 4. The van der Waals surface area contributed by atoms with E-state index in [0.29, 0.717) is 30.6 Å². The summed E-state index contributed by atoms with van der Waals surface area (Å²) in [6, 6.07) is 0. The summed E-state index contributed by atoms with van der Waals surface area (Å²) in [5.74, 6) is 1.64. The highest BCUT2D eigenvalue weighted by Gasteiger charge is 2.63. The molecule has 4 nitrogen and oxygen atoms in total. The molecule has 0 radical (unpaired) electrons. The van der Waals surface area contributed by atoms with Crippen molar-refractivity contribution in [2.45, 2.75) is 85.2 Å². The molecule has 28 heavy (non-hydrogen) atoms. The van der Waals surface area contributed by atoms with E-state index in [0.717, 1.165) is 38.5 Å². The molecular formula is C24H34O4. The molecule has 0 spiro atoms. The minimum absolute atomic E-state index is 0.0756. The van der Waals surface area contributed by atoms with E-state index in [1.54, 1.807) is 6.92 Å². The van der Waals surface area contributed by atoms with Gasteiger partial charge in [-0.05, 0) is 80.1 Å². The highest BCUT2D eigenvalue weighted by molar-refractivity contribution is 5.91. The van der Waals surface area contributed by atoms with Crippen LogP contribution in [0.25, 0.3) is 0 Å². The summed E-state index contributed by atoms with van der Waals surface area (Å²) in [5, 5.41) is 0. The van der Waals surface area contributed by atoms with E-state index in [-0.39, 0.29) is 40.4 Å². The van der Waals surface area contributed by atoms with E-state index in [1.807, 2.05) is 13.0 Å². The van der Waals surface area contributed by atoms with Gasteiger partial charge in [0.05, 0.1) is 5.92 Å². The number of allylic oxidation sites excluding steroid dienone is 1. The summed E-state index contributed by atoms with van der Waals surface area (Å²) < 4.78 is 5.80. The molecule has 0 bridgehead atoms. The fourth-order valence-electron chi connectivity index (χ4n) is 7.64. The molecule has 4 rings (SSSR count). The van der Waals surface area contributed by atoms with Gasteiger partial charge < -0.3 is 4.74 Å². The maximum Gasteiger partial charge on any atom is 0.305 e. The smallest absolute Gasteiger partial charge is 0.305 e. The predicted molar refractivity (Wildman–Crippen MR) is 106 cm³/mol. The van der Waals surface area contributed by atoms with E-state index in [9.17, 15) is 14.4 Å². The molecule has 0 heterocycles. The average Bonchev–Trinajstić information content (AvgIpc) is 2.94. The molecule has 0 aromatic carbocycles. The zero-order valence-corrected chi connectivity index (χ0v) is 17.8. The van der Waals surface area contributed by atoms with Crippen molar-refractivity contribution in [2.75, 3.05) is 0 Å². The molecule has 4 aliphatic rings. The first-order chi connectivity index (χ1) is 13.2. The first-order valence-electron chi connectivity index (χ1n) is 11.1. The van der Waals surface area contributed by atoms with Gasteiger partial charge in [-0.15, -0.1) is 0 Å². The lowest BCUT2D eigenvalue weighted by atomic mass is 9.46. The minimum atomic E-state index is -0.267. The second-order valence-corrected chi connectivity index (χ2v) is 10.2. The van der Waals surface area contributed by atoms with Crippen molar-refractivity contribution in [1.29, 1.82) is 0 Å². The second-order valence-electron chi connectivity index (χ2n) is 10.2. The molecule has 3 fully saturated rings. The van der Waals surface area contributed by atoms with Crippen molar-refractivity contribution in [1.82, 2.24) is 0 Å². The van der Waals surface area contributed by atoms with Crippen molar-refractivity contribution in [2.24, 2.45) is 34.5 Å². The highest BCUT2D eigenvalue weighted by atomic mass is 16.5. The van der Waals surface area contributed by atoms with Gasteiger partial charge in [0.15, 0.2) is 5.78 Å². The van der Waals surface area contributed by atoms with Crippen LogP contribution in [0.15, 0.2) is 11.6 Å². The number of Topliss-reactive ketones (excluding diaryl/α,β-unsaturated/α-hetero) is 1. The molecule has 0 saturated heterocycles. The van der Waals surface area contributed by atoms with Crippen molar-refractivity contribution in [3.05, 3.63) is 11.6 Å². The Morgan fingerprint density at radius 1 is 1.14 bits per heavy atom. The van der Waals surface area contributed by atoms with Gasteiger partial charge in [-0.3, -0.25) is 14.4 Å². The van der Waals surface area contributed by atoms with Crippen molar-refractivity contribution < 1.29 is 19.1 Å². The van der Waals surface area contributed by atoms with Crippen LogP contribution in [0.1, 0.15) is 79.1 Å². The molecule has 0 amide bonds. The van der Waals surface area contributed by atoms with Gasteiger partial charge in [0.25, 0.3) is 0 Å². The normalized spacial score (nSPS) is 44.8. The summed E-state index contributed by atoms with van der Waals surface area (Å²) in [7, 11) is 0. The molecule has 7 atom stereocenters. The van der Waals surface area contributed by atoms with Crippen LogP contribution in [0.4, 0.5) is 0 Å². The number of carbonyl (C=O) groups excluding carboxylic acids is 3. The number of esters is 1. The number of ketones is 2. The first kappa shape index (κ1) is 19.8. The van der Waals surface area contributed by atoms with Gasteiger partial charge in [-0.2, -0.15) is 0 Å². The highest BCUT2D eigenvalue weighted by Crippen LogP contribution is 2.67. The number of ether oxygens (including phenoxy) is 1. The topological polar surface area (TPSA) is 60.4 Å². The van der Waals surface area contributed by atoms with E-state index < -0.39 is 0 Å². The maximum atomic E-state index is 12.6. The quantitative estimate of drug-likeness (QED) is 0.662. The van der Waals surface area contributed by atoms with Crippen LogP contribution < -0.4 is 0 Å². The molecule has 0 aromatic heterocycles. The van der Waals surface area contributed by atoms with Crippen molar-refractivity contribution >= 4 is 17.5 Å². The Morgan fingerprint density at radius 3 is 2.57 bits per heavy atom. The molecule has 4 aliphatic carbocycles. The average molecular weight is 387 g/mol. The van der Waals surface area contributed by atoms with Crippen LogP contribution in [0, 0.1) is 34.5 Å². The molecule has 4 heteroatoms. The zero-order valence-electron chi connectivity index (χ0n) is 17.8. The summed E-state index contributed by atoms with van der Waals surface area (Å²) in [5.41, 5.74) is 1.42. The standard InChI is InChI=1S/C24H34O4/c1-5-21(27)28-20-13-19-17-7-6-15-12-16(26)8-10-23(15,3)18(17)9-11-24(19,4)22(20)14(2)25/h12,17-20,22H,5-11,13H2,1-4H3/t17-,18+,19+,20?,22+,23+,24+/m1/s1. The lowest BCUT2D eigenvalue weighted by molar-refractivity contribution is -0.153. The van der Waals surface area contributed by atoms with Gasteiger partial charge in [-0.25, -0.2) is 0 Å². The number of carbonyl (C=O) groups is 3. The van der Waals surface area contributed by atoms with E-state index in [1.165, 1.54) is 5.57 Å². The van der Waals surface area contributed by atoms with E-state index >= 15 is 0 Å². The van der Waals surface area contributed by atoms with Crippen LogP contribution in [0.5, 0.6) is 0 Å². The lowest BCUT2D eigenvalue weighted by Gasteiger charge is -2.57. The maximum absolute atomic E-state index is 12.6. The molecular weight excluding hydrogens is 352 g/mol. The fourth-order valence-corrected chi connectivity index (χ4v) is 7.64. The van der Waals surface area contributed by atoms with E-state index in [4.69, 9.17) is 4.74 Å². The zero-order chi connectivity index (χ0) is 20.3. The minimum Gasteiger partial charge on any atom is -0.462 e. The summed E-state index contributed by atoms with van der Waals surface area (Å²) in [6.07, 6.45) is 8.70. The fraction of sp³-hybridized carbons (Fsp3) is 0.792.